The second-order valence-electron chi connectivity index (χ2n) is 4.62. The van der Waals surface area contributed by atoms with E-state index < -0.39 is 5.60 Å². The highest BCUT2D eigenvalue weighted by Crippen LogP contribution is 2.15. The number of hydrogen-bond donors (Lipinski definition) is 1. The molecule has 0 aliphatic heterocycles. The summed E-state index contributed by atoms with van der Waals surface area (Å²) in [4.78, 5) is 6.06. The van der Waals surface area contributed by atoms with Gasteiger partial charge >= 0.3 is 0 Å². The summed E-state index contributed by atoms with van der Waals surface area (Å²) in [5, 5.41) is 18.6. The molecule has 16 heavy (non-hydrogen) atoms. The molecular weight excluding hydrogens is 202 g/mol. The fraction of sp³-hybridized carbons (Fsp3) is 0.500. The molecule has 1 aromatic heterocycles. The molecule has 1 rings (SSSR count). The Bertz CT molecular complexity index is 415. The lowest BCUT2D eigenvalue weighted by Gasteiger charge is -2.26. The molecule has 4 heteroatoms. The minimum absolute atomic E-state index is 0.431. The normalized spacial score (nSPS) is 11.0. The number of nitriles is 1. The van der Waals surface area contributed by atoms with Gasteiger partial charge in [-0.15, -0.1) is 0 Å². The lowest BCUT2D eigenvalue weighted by atomic mass is 10.1. The Hall–Kier alpha value is -1.60. The third kappa shape index (κ3) is 3.21. The molecule has 4 nitrogen and oxygen atoms in total. The number of aryl methyl sites for hydroxylation is 1. The zero-order valence-corrected chi connectivity index (χ0v) is 10.2. The van der Waals surface area contributed by atoms with Gasteiger partial charge in [0.1, 0.15) is 17.6 Å². The van der Waals surface area contributed by atoms with Crippen molar-refractivity contribution in [3.05, 3.63) is 23.4 Å². The van der Waals surface area contributed by atoms with Crippen LogP contribution in [0.1, 0.15) is 25.1 Å². The van der Waals surface area contributed by atoms with Crippen molar-refractivity contribution in [3.8, 4) is 6.07 Å². The van der Waals surface area contributed by atoms with E-state index in [1.807, 2.05) is 31.0 Å². The topological polar surface area (TPSA) is 60.1 Å². The van der Waals surface area contributed by atoms with Gasteiger partial charge in [-0.1, -0.05) is 6.07 Å². The summed E-state index contributed by atoms with van der Waals surface area (Å²) < 4.78 is 0. The van der Waals surface area contributed by atoms with E-state index in [9.17, 15) is 5.11 Å². The number of pyridine rings is 1. The number of anilines is 1. The SMILES string of the molecule is Cc1ccc(N(C)CC(C)(C)O)nc1C#N. The van der Waals surface area contributed by atoms with Crippen LogP contribution in [0.5, 0.6) is 0 Å². The molecule has 0 bridgehead atoms. The minimum atomic E-state index is -0.784. The lowest BCUT2D eigenvalue weighted by Crippen LogP contribution is -2.36. The van der Waals surface area contributed by atoms with Gasteiger partial charge in [0.05, 0.1) is 5.60 Å². The quantitative estimate of drug-likeness (QED) is 0.836. The van der Waals surface area contributed by atoms with Crippen molar-refractivity contribution in [1.29, 1.82) is 5.26 Å². The van der Waals surface area contributed by atoms with E-state index in [4.69, 9.17) is 5.26 Å². The first kappa shape index (κ1) is 12.5. The van der Waals surface area contributed by atoms with Crippen LogP contribution in [0.25, 0.3) is 0 Å². The molecule has 0 saturated carbocycles. The summed E-state index contributed by atoms with van der Waals surface area (Å²) in [5.74, 6) is 0.698. The largest absolute Gasteiger partial charge is 0.389 e. The van der Waals surface area contributed by atoms with Crippen molar-refractivity contribution in [2.24, 2.45) is 0 Å². The Morgan fingerprint density at radius 3 is 2.62 bits per heavy atom. The highest BCUT2D eigenvalue weighted by molar-refractivity contribution is 5.44. The van der Waals surface area contributed by atoms with E-state index in [0.29, 0.717) is 18.1 Å². The van der Waals surface area contributed by atoms with E-state index in [2.05, 4.69) is 11.1 Å². The third-order valence-corrected chi connectivity index (χ3v) is 2.20. The Morgan fingerprint density at radius 1 is 1.50 bits per heavy atom. The van der Waals surface area contributed by atoms with E-state index in [1.54, 1.807) is 13.8 Å². The van der Waals surface area contributed by atoms with Crippen LogP contribution in [0.4, 0.5) is 5.82 Å². The van der Waals surface area contributed by atoms with Gasteiger partial charge in [0.15, 0.2) is 0 Å². The van der Waals surface area contributed by atoms with Crippen LogP contribution in [-0.4, -0.2) is 29.3 Å². The van der Waals surface area contributed by atoms with E-state index in [1.165, 1.54) is 0 Å². The van der Waals surface area contributed by atoms with E-state index >= 15 is 0 Å². The van der Waals surface area contributed by atoms with E-state index in [0.717, 1.165) is 5.56 Å². The summed E-state index contributed by atoms with van der Waals surface area (Å²) >= 11 is 0. The van der Waals surface area contributed by atoms with Crippen molar-refractivity contribution in [1.82, 2.24) is 4.98 Å². The van der Waals surface area contributed by atoms with Gasteiger partial charge in [0.25, 0.3) is 0 Å². The number of nitrogens with zero attached hydrogens (tertiary/aromatic N) is 3. The molecule has 0 aromatic carbocycles. The first-order valence-corrected chi connectivity index (χ1v) is 5.15. The van der Waals surface area contributed by atoms with Crippen LogP contribution < -0.4 is 4.90 Å². The van der Waals surface area contributed by atoms with Gasteiger partial charge in [-0.25, -0.2) is 4.98 Å². The molecule has 0 unspecified atom stereocenters. The first-order chi connectivity index (χ1) is 7.33. The van der Waals surface area contributed by atoms with Crippen LogP contribution >= 0.6 is 0 Å². The molecule has 0 amide bonds. The molecule has 1 aromatic rings. The maximum atomic E-state index is 9.70. The Kier molecular flexibility index (Phi) is 3.51. The summed E-state index contributed by atoms with van der Waals surface area (Å²) in [6.07, 6.45) is 0. The Labute approximate surface area is 96.2 Å². The molecule has 86 valence electrons. The zero-order chi connectivity index (χ0) is 12.3. The lowest BCUT2D eigenvalue weighted by molar-refractivity contribution is 0.0884. The van der Waals surface area contributed by atoms with Crippen LogP contribution in [0.2, 0.25) is 0 Å². The maximum Gasteiger partial charge on any atom is 0.145 e. The molecule has 0 aliphatic carbocycles. The molecule has 0 atom stereocenters. The van der Waals surface area contributed by atoms with Crippen molar-refractivity contribution in [2.75, 3.05) is 18.5 Å². The first-order valence-electron chi connectivity index (χ1n) is 5.15. The monoisotopic (exact) mass is 219 g/mol. The van der Waals surface area contributed by atoms with Crippen LogP contribution in [-0.2, 0) is 0 Å². The van der Waals surface area contributed by atoms with Gasteiger partial charge in [0, 0.05) is 13.6 Å². The average Bonchev–Trinajstić information content (AvgIpc) is 2.15. The summed E-state index contributed by atoms with van der Waals surface area (Å²) in [6.45, 7) is 5.80. The highest BCUT2D eigenvalue weighted by Gasteiger charge is 2.17. The number of hydrogen-bond acceptors (Lipinski definition) is 4. The Morgan fingerprint density at radius 2 is 2.12 bits per heavy atom. The molecule has 0 fully saturated rings. The van der Waals surface area contributed by atoms with Gasteiger partial charge in [-0.3, -0.25) is 0 Å². The smallest absolute Gasteiger partial charge is 0.145 e. The summed E-state index contributed by atoms with van der Waals surface area (Å²) in [6, 6.07) is 5.77. The fourth-order valence-electron chi connectivity index (χ4n) is 1.51. The van der Waals surface area contributed by atoms with Crippen LogP contribution in [0.3, 0.4) is 0 Å². The van der Waals surface area contributed by atoms with Gasteiger partial charge in [-0.05, 0) is 32.4 Å². The number of likely N-dealkylation sites (N-methyl/N-ethyl adjacent to an activating group) is 1. The van der Waals surface area contributed by atoms with Crippen molar-refractivity contribution in [3.63, 3.8) is 0 Å². The number of rotatable bonds is 3. The fourth-order valence-corrected chi connectivity index (χ4v) is 1.51. The summed E-state index contributed by atoms with van der Waals surface area (Å²) in [7, 11) is 1.84. The maximum absolute atomic E-state index is 9.70. The average molecular weight is 219 g/mol. The molecule has 1 N–H and O–H groups in total. The predicted molar refractivity (Wildman–Crippen MR) is 63.3 cm³/mol. The van der Waals surface area contributed by atoms with Crippen molar-refractivity contribution >= 4 is 5.82 Å². The van der Waals surface area contributed by atoms with Gasteiger partial charge in [-0.2, -0.15) is 5.26 Å². The van der Waals surface area contributed by atoms with Crippen molar-refractivity contribution in [2.45, 2.75) is 26.4 Å². The molecule has 1 heterocycles. The molecule has 0 spiro atoms. The van der Waals surface area contributed by atoms with Gasteiger partial charge < -0.3 is 10.0 Å². The van der Waals surface area contributed by atoms with Crippen LogP contribution in [0.15, 0.2) is 12.1 Å². The Balaban J connectivity index is 2.93. The number of aliphatic hydroxyl groups is 1. The zero-order valence-electron chi connectivity index (χ0n) is 10.2. The van der Waals surface area contributed by atoms with E-state index in [-0.39, 0.29) is 0 Å². The predicted octanol–water partition coefficient (Wildman–Crippen LogP) is 1.47. The second kappa shape index (κ2) is 4.50. The molecular formula is C12H17N3O. The highest BCUT2D eigenvalue weighted by atomic mass is 16.3. The molecule has 0 saturated heterocycles. The minimum Gasteiger partial charge on any atom is -0.389 e. The van der Waals surface area contributed by atoms with Crippen LogP contribution in [0, 0.1) is 18.3 Å². The second-order valence-corrected chi connectivity index (χ2v) is 4.62. The molecule has 0 radical (unpaired) electrons. The van der Waals surface area contributed by atoms with Gasteiger partial charge in [0.2, 0.25) is 0 Å². The third-order valence-electron chi connectivity index (χ3n) is 2.20. The van der Waals surface area contributed by atoms with Crippen molar-refractivity contribution < 1.29 is 5.11 Å². The molecule has 0 aliphatic rings. The standard InChI is InChI=1S/C12H17N3O/c1-9-5-6-11(14-10(9)7-13)15(4)8-12(2,3)16/h5-6,16H,8H2,1-4H3. The summed E-state index contributed by atoms with van der Waals surface area (Å²) in [5.41, 5.74) is 0.511. The number of aromatic nitrogens is 1.